The number of carbonyl (C=O) groups excluding carboxylic acids is 3. The van der Waals surface area contributed by atoms with E-state index in [0.29, 0.717) is 54.6 Å². The van der Waals surface area contributed by atoms with E-state index in [9.17, 15) is 14.4 Å². The zero-order chi connectivity index (χ0) is 28.6. The Morgan fingerprint density at radius 2 is 1.35 bits per heavy atom. The molecule has 3 rings (SSSR count). The smallest absolute Gasteiger partial charge is 0.343 e. The molecule has 214 valence electrons. The van der Waals surface area contributed by atoms with Crippen molar-refractivity contribution in [3.63, 3.8) is 0 Å². The van der Waals surface area contributed by atoms with Gasteiger partial charge in [0.05, 0.1) is 25.4 Å². The van der Waals surface area contributed by atoms with E-state index in [2.05, 4.69) is 13.2 Å². The highest BCUT2D eigenvalue weighted by Gasteiger charge is 2.26. The van der Waals surface area contributed by atoms with Gasteiger partial charge in [0, 0.05) is 18.1 Å². The normalized spacial score (nSPS) is 14.3. The number of rotatable bonds is 18. The van der Waals surface area contributed by atoms with Crippen LogP contribution in [-0.4, -0.2) is 43.8 Å². The molecule has 0 radical (unpaired) electrons. The number of hydrogen-bond donors (Lipinski definition) is 0. The Hall–Kier alpha value is -4.07. The predicted molar refractivity (Wildman–Crippen MR) is 151 cm³/mol. The van der Waals surface area contributed by atoms with Crippen LogP contribution in [-0.2, 0) is 19.1 Å². The van der Waals surface area contributed by atoms with E-state index in [4.69, 9.17) is 23.7 Å². The van der Waals surface area contributed by atoms with Gasteiger partial charge in [-0.15, -0.1) is 0 Å². The highest BCUT2D eigenvalue weighted by Crippen LogP contribution is 2.23. The molecule has 40 heavy (non-hydrogen) atoms. The van der Waals surface area contributed by atoms with Crippen molar-refractivity contribution in [1.82, 2.24) is 0 Å². The fraction of sp³-hybridized carbons (Fsp3) is 0.406. The molecule has 1 atom stereocenters. The minimum absolute atomic E-state index is 0.0654. The van der Waals surface area contributed by atoms with Gasteiger partial charge in [-0.1, -0.05) is 32.4 Å². The third kappa shape index (κ3) is 11.0. The summed E-state index contributed by atoms with van der Waals surface area (Å²) in [7, 11) is 0. The van der Waals surface area contributed by atoms with Gasteiger partial charge in [0.2, 0.25) is 0 Å². The maximum atomic E-state index is 12.5. The molecule has 2 aromatic rings. The summed E-state index contributed by atoms with van der Waals surface area (Å²) in [6, 6.07) is 13.8. The van der Waals surface area contributed by atoms with Crippen molar-refractivity contribution in [2.24, 2.45) is 0 Å². The number of carbonyl (C=O) groups is 3. The standard InChI is InChI=1S/C32H38O8/c1-3-30(33)38-22-9-6-4-5-8-20-36-27-16-18-28(19-17-27)39-32(35)25-12-14-26(15-13-25)37-21-10-7-11-29-23-24(2)31(34)40-29/h3,12-19,29H,1-2,4-11,20-23H2. The third-order valence-electron chi connectivity index (χ3n) is 6.32. The zero-order valence-corrected chi connectivity index (χ0v) is 22.9. The second-order valence-corrected chi connectivity index (χ2v) is 9.55. The first-order valence-electron chi connectivity index (χ1n) is 13.8. The first kappa shape index (κ1) is 30.5. The summed E-state index contributed by atoms with van der Waals surface area (Å²) >= 11 is 0. The molecule has 8 heteroatoms. The fourth-order valence-corrected chi connectivity index (χ4v) is 4.07. The van der Waals surface area contributed by atoms with Crippen molar-refractivity contribution in [3.05, 3.63) is 78.9 Å². The van der Waals surface area contributed by atoms with Crippen LogP contribution in [0.15, 0.2) is 73.3 Å². The van der Waals surface area contributed by atoms with Gasteiger partial charge in [-0.05, 0) is 80.6 Å². The van der Waals surface area contributed by atoms with Crippen LogP contribution in [0.4, 0.5) is 0 Å². The van der Waals surface area contributed by atoms with Crippen LogP contribution in [0.3, 0.4) is 0 Å². The average molecular weight is 551 g/mol. The lowest BCUT2D eigenvalue weighted by Gasteiger charge is -2.10. The molecule has 2 aromatic carbocycles. The monoisotopic (exact) mass is 550 g/mol. The molecular formula is C32H38O8. The first-order chi connectivity index (χ1) is 19.4. The van der Waals surface area contributed by atoms with Crippen molar-refractivity contribution in [3.8, 4) is 17.2 Å². The Morgan fingerprint density at radius 1 is 0.800 bits per heavy atom. The molecule has 0 spiro atoms. The maximum absolute atomic E-state index is 12.5. The van der Waals surface area contributed by atoms with E-state index in [1.54, 1.807) is 48.5 Å². The van der Waals surface area contributed by atoms with Gasteiger partial charge >= 0.3 is 17.9 Å². The Morgan fingerprint density at radius 3 is 1.95 bits per heavy atom. The van der Waals surface area contributed by atoms with E-state index >= 15 is 0 Å². The fourth-order valence-electron chi connectivity index (χ4n) is 4.07. The molecule has 1 fully saturated rings. The van der Waals surface area contributed by atoms with Gasteiger partial charge < -0.3 is 23.7 Å². The van der Waals surface area contributed by atoms with Crippen molar-refractivity contribution in [2.45, 2.75) is 63.9 Å². The Balaban J connectivity index is 1.26. The minimum Gasteiger partial charge on any atom is -0.494 e. The minimum atomic E-state index is -0.452. The van der Waals surface area contributed by atoms with Crippen LogP contribution in [0, 0.1) is 0 Å². The summed E-state index contributed by atoms with van der Waals surface area (Å²) in [6.07, 6.45) is 9.09. The van der Waals surface area contributed by atoms with Gasteiger partial charge in [0.25, 0.3) is 0 Å². The molecular weight excluding hydrogens is 512 g/mol. The third-order valence-corrected chi connectivity index (χ3v) is 6.32. The van der Waals surface area contributed by atoms with Crippen LogP contribution < -0.4 is 14.2 Å². The highest BCUT2D eigenvalue weighted by atomic mass is 16.6. The van der Waals surface area contributed by atoms with Crippen molar-refractivity contribution in [1.29, 1.82) is 0 Å². The summed E-state index contributed by atoms with van der Waals surface area (Å²) < 4.78 is 27.2. The molecule has 8 nitrogen and oxygen atoms in total. The molecule has 1 heterocycles. The van der Waals surface area contributed by atoms with Crippen molar-refractivity contribution in [2.75, 3.05) is 19.8 Å². The van der Waals surface area contributed by atoms with Gasteiger partial charge in [-0.2, -0.15) is 0 Å². The number of ether oxygens (including phenoxy) is 5. The summed E-state index contributed by atoms with van der Waals surface area (Å²) in [5, 5.41) is 0. The lowest BCUT2D eigenvalue weighted by molar-refractivity contribution is -0.139. The molecule has 0 aromatic heterocycles. The molecule has 1 aliphatic heterocycles. The predicted octanol–water partition coefficient (Wildman–Crippen LogP) is 6.39. The van der Waals surface area contributed by atoms with E-state index in [1.165, 1.54) is 6.08 Å². The Bertz CT molecular complexity index is 1100. The number of benzene rings is 2. The second-order valence-electron chi connectivity index (χ2n) is 9.55. The molecule has 0 aliphatic carbocycles. The van der Waals surface area contributed by atoms with Crippen LogP contribution in [0.1, 0.15) is 68.1 Å². The lowest BCUT2D eigenvalue weighted by atomic mass is 10.1. The Kier molecular flexibility index (Phi) is 12.8. The number of unbranched alkanes of at least 4 members (excludes halogenated alkanes) is 5. The molecule has 0 amide bonds. The van der Waals surface area contributed by atoms with E-state index in [0.717, 1.165) is 51.4 Å². The lowest BCUT2D eigenvalue weighted by Crippen LogP contribution is -2.09. The number of cyclic esters (lactones) is 1. The molecule has 1 saturated heterocycles. The summed E-state index contributed by atoms with van der Waals surface area (Å²) in [6.45, 7) is 8.63. The molecule has 0 saturated carbocycles. The molecule has 0 bridgehead atoms. The van der Waals surface area contributed by atoms with Crippen LogP contribution in [0.2, 0.25) is 0 Å². The summed E-state index contributed by atoms with van der Waals surface area (Å²) in [5.74, 6) is 0.707. The van der Waals surface area contributed by atoms with Gasteiger partial charge in [0.1, 0.15) is 23.4 Å². The maximum Gasteiger partial charge on any atom is 0.343 e. The first-order valence-corrected chi connectivity index (χ1v) is 13.8. The van der Waals surface area contributed by atoms with Crippen LogP contribution >= 0.6 is 0 Å². The van der Waals surface area contributed by atoms with Crippen molar-refractivity contribution < 1.29 is 38.1 Å². The van der Waals surface area contributed by atoms with Gasteiger partial charge in [0.15, 0.2) is 0 Å². The number of hydrogen-bond acceptors (Lipinski definition) is 8. The topological polar surface area (TPSA) is 97.4 Å². The molecule has 1 unspecified atom stereocenters. The summed E-state index contributed by atoms with van der Waals surface area (Å²) in [4.78, 5) is 34.8. The average Bonchev–Trinajstić information content (AvgIpc) is 3.29. The molecule has 0 N–H and O–H groups in total. The largest absolute Gasteiger partial charge is 0.494 e. The quantitative estimate of drug-likeness (QED) is 0.0912. The zero-order valence-electron chi connectivity index (χ0n) is 22.9. The summed E-state index contributed by atoms with van der Waals surface area (Å²) in [5.41, 5.74) is 0.971. The molecule has 1 aliphatic rings. The van der Waals surface area contributed by atoms with E-state index in [-0.39, 0.29) is 18.0 Å². The van der Waals surface area contributed by atoms with Crippen LogP contribution in [0.25, 0.3) is 0 Å². The second kappa shape index (κ2) is 16.8. The van der Waals surface area contributed by atoms with E-state index in [1.807, 2.05) is 0 Å². The van der Waals surface area contributed by atoms with Gasteiger partial charge in [-0.25, -0.2) is 14.4 Å². The van der Waals surface area contributed by atoms with Crippen molar-refractivity contribution >= 4 is 17.9 Å². The Labute approximate surface area is 235 Å². The number of esters is 3. The van der Waals surface area contributed by atoms with Crippen LogP contribution in [0.5, 0.6) is 17.2 Å². The van der Waals surface area contributed by atoms with Gasteiger partial charge in [-0.3, -0.25) is 0 Å². The van der Waals surface area contributed by atoms with E-state index < -0.39 is 5.97 Å². The highest BCUT2D eigenvalue weighted by molar-refractivity contribution is 5.91. The SMILES string of the molecule is C=CC(=O)OCCCCCCCOc1ccc(OC(=O)c2ccc(OCCCCC3CC(=C)C(=O)O3)cc2)cc1.